The van der Waals surface area contributed by atoms with Gasteiger partial charge < -0.3 is 19.7 Å². The van der Waals surface area contributed by atoms with E-state index in [0.29, 0.717) is 16.9 Å². The highest BCUT2D eigenvalue weighted by Gasteiger charge is 2.42. The molecule has 0 amide bonds. The molecule has 0 unspecified atom stereocenters. The summed E-state index contributed by atoms with van der Waals surface area (Å²) < 4.78 is 2.41. The molecule has 0 aliphatic carbocycles. The third-order valence-electron chi connectivity index (χ3n) is 9.17. The maximum atomic E-state index is 7.07. The molecule has 4 atom stereocenters. The fourth-order valence-electron chi connectivity index (χ4n) is 7.67. The summed E-state index contributed by atoms with van der Waals surface area (Å²) in [4.78, 5) is 9.46. The van der Waals surface area contributed by atoms with Crippen molar-refractivity contribution in [3.63, 3.8) is 0 Å². The number of anilines is 2. The van der Waals surface area contributed by atoms with E-state index >= 15 is 0 Å². The molecule has 2 aromatic carbocycles. The van der Waals surface area contributed by atoms with E-state index in [4.69, 9.17) is 28.8 Å². The van der Waals surface area contributed by atoms with Crippen LogP contribution in [-0.4, -0.2) is 27.8 Å². The zero-order valence-electron chi connectivity index (χ0n) is 26.3. The van der Waals surface area contributed by atoms with Gasteiger partial charge in [0.25, 0.3) is 0 Å². The van der Waals surface area contributed by atoms with Crippen LogP contribution in [0.25, 0.3) is 5.69 Å². The molecule has 4 heterocycles. The number of nitrogens with zero attached hydrogens (tertiary/aromatic N) is 4. The normalized spacial score (nSPS) is 22.3. The summed E-state index contributed by atoms with van der Waals surface area (Å²) in [6.07, 6.45) is 3.12. The molecule has 7 heteroatoms. The van der Waals surface area contributed by atoms with Gasteiger partial charge in [-0.05, 0) is 118 Å². The largest absolute Gasteiger partial charge is 0.370 e. The number of halogens is 1. The maximum Gasteiger partial charge on any atom is 0.174 e. The Hall–Kier alpha value is -3.35. The van der Waals surface area contributed by atoms with E-state index in [0.717, 1.165) is 35.2 Å². The fraction of sp³-hybridized carbons (Fsp3) is 0.389. The van der Waals surface area contributed by atoms with Crippen LogP contribution in [0.4, 0.5) is 11.4 Å². The van der Waals surface area contributed by atoms with Gasteiger partial charge in [0.15, 0.2) is 5.11 Å². The number of piperidine rings is 1. The van der Waals surface area contributed by atoms with E-state index in [1.807, 2.05) is 18.3 Å². The summed E-state index contributed by atoms with van der Waals surface area (Å²) >= 11 is 13.1. The SMILES string of the molecule is Cc1cc(C)c(-n2c(C)cc([C@H]3[C@@H](c4ccccn4)NC(=S)N3c3ccc(N4C[C@H](C)C[C@H](C)C4)c(Cl)c3)c2C)c(C)c1. The van der Waals surface area contributed by atoms with E-state index in [1.54, 1.807) is 0 Å². The van der Waals surface area contributed by atoms with E-state index in [-0.39, 0.29) is 12.1 Å². The molecular formula is C36H42ClN5S. The zero-order valence-corrected chi connectivity index (χ0v) is 27.9. The minimum absolute atomic E-state index is 0.106. The summed E-state index contributed by atoms with van der Waals surface area (Å²) in [6.45, 7) is 17.7. The van der Waals surface area contributed by atoms with Gasteiger partial charge in [0.05, 0.1) is 34.2 Å². The predicted octanol–water partition coefficient (Wildman–Crippen LogP) is 8.73. The highest BCUT2D eigenvalue weighted by atomic mass is 35.5. The van der Waals surface area contributed by atoms with Crippen LogP contribution < -0.4 is 15.1 Å². The van der Waals surface area contributed by atoms with Crippen LogP contribution in [0.3, 0.4) is 0 Å². The summed E-state index contributed by atoms with van der Waals surface area (Å²) in [5.41, 5.74) is 11.7. The van der Waals surface area contributed by atoms with Crippen molar-refractivity contribution in [3.05, 3.63) is 105 Å². The number of hydrogen-bond acceptors (Lipinski definition) is 3. The van der Waals surface area contributed by atoms with Gasteiger partial charge in [0, 0.05) is 36.4 Å². The first-order chi connectivity index (χ1) is 20.5. The number of aryl methyl sites for hydroxylation is 4. The van der Waals surface area contributed by atoms with E-state index < -0.39 is 0 Å². The van der Waals surface area contributed by atoms with Crippen LogP contribution in [0.5, 0.6) is 0 Å². The molecular weight excluding hydrogens is 570 g/mol. The molecule has 224 valence electrons. The second-order valence-corrected chi connectivity index (χ2v) is 13.7. The highest BCUT2D eigenvalue weighted by Crippen LogP contribution is 2.45. The molecule has 43 heavy (non-hydrogen) atoms. The van der Waals surface area contributed by atoms with E-state index in [2.05, 4.69) is 111 Å². The molecule has 0 radical (unpaired) electrons. The third kappa shape index (κ3) is 5.44. The Labute approximate surface area is 266 Å². The lowest BCUT2D eigenvalue weighted by atomic mass is 9.91. The molecule has 0 bridgehead atoms. The second-order valence-electron chi connectivity index (χ2n) is 12.9. The van der Waals surface area contributed by atoms with Crippen LogP contribution in [0, 0.1) is 46.5 Å². The molecule has 1 N–H and O–H groups in total. The summed E-state index contributed by atoms with van der Waals surface area (Å²) in [5, 5.41) is 5.07. The molecule has 0 saturated carbocycles. The van der Waals surface area contributed by atoms with Gasteiger partial charge in [-0.2, -0.15) is 0 Å². The van der Waals surface area contributed by atoms with Crippen molar-refractivity contribution < 1.29 is 0 Å². The average Bonchev–Trinajstić information content (AvgIpc) is 3.43. The standard InChI is InChI=1S/C36H42ClN5S/c1-21-15-24(4)34(25(5)16-21)41-26(6)17-29(27(41)7)35-33(31-10-8-9-13-38-31)39-36(43)42(35)28-11-12-32(30(37)18-28)40-19-22(2)14-23(3)20-40/h8-13,15-18,22-23,33,35H,14,19-20H2,1-7H3,(H,39,43)/t22-,23+,33-,35+/m1/s1. The monoisotopic (exact) mass is 611 g/mol. The van der Waals surface area contributed by atoms with Crippen LogP contribution in [-0.2, 0) is 0 Å². The summed E-state index contributed by atoms with van der Waals surface area (Å²) in [6, 6.07) is 19.2. The number of hydrogen-bond donors (Lipinski definition) is 1. The van der Waals surface area contributed by atoms with E-state index in [9.17, 15) is 0 Å². The minimum atomic E-state index is -0.120. The first-order valence-electron chi connectivity index (χ1n) is 15.4. The molecule has 2 aliphatic heterocycles. The number of rotatable bonds is 5. The van der Waals surface area contributed by atoms with Crippen molar-refractivity contribution in [1.29, 1.82) is 0 Å². The minimum Gasteiger partial charge on any atom is -0.370 e. The Balaban J connectivity index is 1.46. The number of aromatic nitrogens is 2. The topological polar surface area (TPSA) is 36.3 Å². The smallest absolute Gasteiger partial charge is 0.174 e. The van der Waals surface area contributed by atoms with Crippen molar-refractivity contribution in [2.45, 2.75) is 67.0 Å². The molecule has 2 fully saturated rings. The van der Waals surface area contributed by atoms with Crippen molar-refractivity contribution >= 4 is 40.3 Å². The molecule has 2 aromatic heterocycles. The number of pyridine rings is 1. The second kappa shape index (κ2) is 11.6. The molecule has 6 rings (SSSR count). The summed E-state index contributed by atoms with van der Waals surface area (Å²) in [5.74, 6) is 1.30. The lowest BCUT2D eigenvalue weighted by Crippen LogP contribution is -2.38. The quantitative estimate of drug-likeness (QED) is 0.228. The third-order valence-corrected chi connectivity index (χ3v) is 9.78. The Morgan fingerprint density at radius 2 is 1.60 bits per heavy atom. The average molecular weight is 612 g/mol. The summed E-state index contributed by atoms with van der Waals surface area (Å²) in [7, 11) is 0. The number of thiocarbonyl (C=S) groups is 1. The molecule has 4 aromatic rings. The van der Waals surface area contributed by atoms with Gasteiger partial charge >= 0.3 is 0 Å². The Bertz CT molecular complexity index is 1650. The van der Waals surface area contributed by atoms with Gasteiger partial charge in [-0.3, -0.25) is 4.98 Å². The lowest BCUT2D eigenvalue weighted by molar-refractivity contribution is 0.357. The van der Waals surface area contributed by atoms with Crippen molar-refractivity contribution in [2.75, 3.05) is 22.9 Å². The van der Waals surface area contributed by atoms with Crippen molar-refractivity contribution in [3.8, 4) is 5.69 Å². The van der Waals surface area contributed by atoms with Crippen molar-refractivity contribution in [1.82, 2.24) is 14.9 Å². The van der Waals surface area contributed by atoms with Crippen LogP contribution in [0.15, 0.2) is 60.8 Å². The van der Waals surface area contributed by atoms with Crippen LogP contribution in [0.2, 0.25) is 5.02 Å². The molecule has 5 nitrogen and oxygen atoms in total. The van der Waals surface area contributed by atoms with Gasteiger partial charge in [0.2, 0.25) is 0 Å². The maximum absolute atomic E-state index is 7.07. The highest BCUT2D eigenvalue weighted by molar-refractivity contribution is 7.80. The predicted molar refractivity (Wildman–Crippen MR) is 184 cm³/mol. The van der Waals surface area contributed by atoms with Crippen molar-refractivity contribution in [2.24, 2.45) is 11.8 Å². The van der Waals surface area contributed by atoms with Crippen LogP contribution >= 0.6 is 23.8 Å². The number of benzene rings is 2. The lowest BCUT2D eigenvalue weighted by Gasteiger charge is -2.37. The first kappa shape index (κ1) is 29.7. The Morgan fingerprint density at radius 1 is 0.907 bits per heavy atom. The fourth-order valence-corrected chi connectivity index (χ4v) is 8.31. The Morgan fingerprint density at radius 3 is 2.23 bits per heavy atom. The van der Waals surface area contributed by atoms with Gasteiger partial charge in [-0.1, -0.05) is 49.2 Å². The van der Waals surface area contributed by atoms with Crippen LogP contribution in [0.1, 0.15) is 71.7 Å². The molecule has 0 spiro atoms. The van der Waals surface area contributed by atoms with Gasteiger partial charge in [0.1, 0.15) is 0 Å². The zero-order chi connectivity index (χ0) is 30.6. The first-order valence-corrected chi connectivity index (χ1v) is 16.1. The molecule has 2 saturated heterocycles. The van der Waals surface area contributed by atoms with Gasteiger partial charge in [-0.25, -0.2) is 0 Å². The van der Waals surface area contributed by atoms with Gasteiger partial charge in [-0.15, -0.1) is 0 Å². The van der Waals surface area contributed by atoms with E-state index in [1.165, 1.54) is 45.7 Å². The number of nitrogens with one attached hydrogen (secondary N) is 1. The Kier molecular flexibility index (Phi) is 8.03. The molecule has 2 aliphatic rings.